The van der Waals surface area contributed by atoms with Gasteiger partial charge in [-0.25, -0.2) is 0 Å². The van der Waals surface area contributed by atoms with E-state index in [1.54, 1.807) is 0 Å². The first-order chi connectivity index (χ1) is 19.4. The van der Waals surface area contributed by atoms with Gasteiger partial charge in [0.05, 0.1) is 0 Å². The number of allylic oxidation sites excluding steroid dienone is 4. The number of para-hydroxylation sites is 2. The molecule has 0 spiro atoms. The Morgan fingerprint density at radius 3 is 1.82 bits per heavy atom. The highest BCUT2D eigenvalue weighted by molar-refractivity contribution is 6.08. The average molecular weight is 499 g/mol. The van der Waals surface area contributed by atoms with Crippen LogP contribution in [0.4, 0.5) is 0 Å². The van der Waals surface area contributed by atoms with Crippen LogP contribution in [0.2, 0.25) is 0 Å². The molecule has 8 rings (SSSR count). The van der Waals surface area contributed by atoms with E-state index >= 15 is 0 Å². The summed E-state index contributed by atoms with van der Waals surface area (Å²) in [4.78, 5) is 0. The van der Waals surface area contributed by atoms with E-state index in [-0.39, 0.29) is 11.8 Å². The Balaban J connectivity index is 1.42. The van der Waals surface area contributed by atoms with Gasteiger partial charge in [-0.3, -0.25) is 0 Å². The van der Waals surface area contributed by atoms with Crippen molar-refractivity contribution >= 4 is 33.1 Å². The van der Waals surface area contributed by atoms with Gasteiger partial charge in [0.2, 0.25) is 0 Å². The van der Waals surface area contributed by atoms with Crippen LogP contribution in [0.3, 0.4) is 0 Å². The fraction of sp³-hybridized carbons (Fsp3) is 0.0526. The molecular weight excluding hydrogens is 472 g/mol. The molecule has 0 radical (unpaired) electrons. The number of fused-ring (bicyclic) bond motifs is 5. The highest BCUT2D eigenvalue weighted by atomic mass is 16.3. The van der Waals surface area contributed by atoms with Gasteiger partial charge in [0.15, 0.2) is 0 Å². The first-order valence-electron chi connectivity index (χ1n) is 13.6. The van der Waals surface area contributed by atoms with Crippen molar-refractivity contribution in [1.29, 1.82) is 0 Å². The lowest BCUT2D eigenvalue weighted by atomic mass is 9.70. The molecule has 2 aliphatic rings. The van der Waals surface area contributed by atoms with Crippen LogP contribution < -0.4 is 10.4 Å². The number of furan rings is 1. The summed E-state index contributed by atoms with van der Waals surface area (Å²) in [6, 6.07) is 43.5. The molecule has 184 valence electrons. The van der Waals surface area contributed by atoms with Crippen LogP contribution in [-0.4, -0.2) is 0 Å². The van der Waals surface area contributed by atoms with E-state index in [0.29, 0.717) is 0 Å². The Morgan fingerprint density at radius 2 is 1.03 bits per heavy atom. The summed E-state index contributed by atoms with van der Waals surface area (Å²) in [5.74, 6) is 0.453. The van der Waals surface area contributed by atoms with Gasteiger partial charge in [0, 0.05) is 28.2 Å². The Kier molecular flexibility index (Phi) is 5.03. The topological polar surface area (TPSA) is 13.1 Å². The number of rotatable bonds is 3. The van der Waals surface area contributed by atoms with Gasteiger partial charge < -0.3 is 4.42 Å². The predicted molar refractivity (Wildman–Crippen MR) is 162 cm³/mol. The van der Waals surface area contributed by atoms with Crippen LogP contribution in [0, 0.1) is 11.8 Å². The quantitative estimate of drug-likeness (QED) is 0.241. The van der Waals surface area contributed by atoms with Crippen molar-refractivity contribution in [2.24, 2.45) is 11.8 Å². The summed E-state index contributed by atoms with van der Waals surface area (Å²) in [6.45, 7) is 0. The van der Waals surface area contributed by atoms with Crippen molar-refractivity contribution in [2.75, 3.05) is 0 Å². The summed E-state index contributed by atoms with van der Waals surface area (Å²) in [5, 5.41) is 4.93. The molecular formula is C38H26O. The second-order valence-electron chi connectivity index (χ2n) is 10.4. The normalized spacial score (nSPS) is 17.9. The van der Waals surface area contributed by atoms with E-state index in [1.807, 2.05) is 6.07 Å². The fourth-order valence-electron chi connectivity index (χ4n) is 6.58. The summed E-state index contributed by atoms with van der Waals surface area (Å²) in [7, 11) is 0. The van der Waals surface area contributed by atoms with E-state index in [9.17, 15) is 0 Å². The zero-order chi connectivity index (χ0) is 25.8. The van der Waals surface area contributed by atoms with Gasteiger partial charge in [-0.15, -0.1) is 0 Å². The summed E-state index contributed by atoms with van der Waals surface area (Å²) >= 11 is 0. The molecule has 1 aromatic heterocycles. The van der Waals surface area contributed by atoms with Crippen LogP contribution in [0.15, 0.2) is 150 Å². The van der Waals surface area contributed by atoms with E-state index in [1.165, 1.54) is 54.6 Å². The highest BCUT2D eigenvalue weighted by Gasteiger charge is 2.33. The van der Waals surface area contributed by atoms with Gasteiger partial charge in [-0.05, 0) is 44.3 Å². The Morgan fingerprint density at radius 1 is 0.436 bits per heavy atom. The number of hydrogen-bond donors (Lipinski definition) is 0. The molecule has 0 saturated carbocycles. The average Bonchev–Trinajstić information content (AvgIpc) is 3.40. The lowest BCUT2D eigenvalue weighted by Gasteiger charge is -2.33. The molecule has 1 heterocycles. The first kappa shape index (κ1) is 22.1. The molecule has 0 N–H and O–H groups in total. The maximum absolute atomic E-state index is 6.53. The molecule has 2 unspecified atom stereocenters. The molecule has 5 aromatic carbocycles. The van der Waals surface area contributed by atoms with Crippen molar-refractivity contribution in [3.8, 4) is 11.1 Å². The van der Waals surface area contributed by atoms with E-state index in [2.05, 4.69) is 140 Å². The zero-order valence-corrected chi connectivity index (χ0v) is 21.4. The third-order valence-electron chi connectivity index (χ3n) is 8.31. The molecule has 0 bridgehead atoms. The maximum atomic E-state index is 6.53. The zero-order valence-electron chi connectivity index (χ0n) is 21.4. The molecule has 0 aliphatic heterocycles. The van der Waals surface area contributed by atoms with Crippen LogP contribution in [-0.2, 0) is 0 Å². The third-order valence-corrected chi connectivity index (χ3v) is 8.31. The largest absolute Gasteiger partial charge is 0.455 e. The summed E-state index contributed by atoms with van der Waals surface area (Å²) in [6.07, 6.45) is 9.15. The smallest absolute Gasteiger partial charge is 0.142 e. The molecule has 2 atom stereocenters. The van der Waals surface area contributed by atoms with Crippen molar-refractivity contribution in [1.82, 2.24) is 0 Å². The number of benzene rings is 5. The first-order valence-corrected chi connectivity index (χ1v) is 13.6. The van der Waals surface area contributed by atoms with Crippen molar-refractivity contribution in [3.63, 3.8) is 0 Å². The minimum Gasteiger partial charge on any atom is -0.455 e. The second-order valence-corrected chi connectivity index (χ2v) is 10.4. The minimum atomic E-state index is 0.215. The van der Waals surface area contributed by atoms with E-state index in [0.717, 1.165) is 11.2 Å². The SMILES string of the molecule is C1=CC2C(c3ccc(-c4ccccc4)cc3)=c3ccccc3=C(c3cccc4c3oc3ccccc34)C2C=C1. The number of hydrogen-bond acceptors (Lipinski definition) is 1. The lowest BCUT2D eigenvalue weighted by Crippen LogP contribution is -2.40. The van der Waals surface area contributed by atoms with Crippen LogP contribution >= 0.6 is 0 Å². The van der Waals surface area contributed by atoms with Gasteiger partial charge in [-0.2, -0.15) is 0 Å². The van der Waals surface area contributed by atoms with Crippen molar-refractivity contribution in [2.45, 2.75) is 0 Å². The van der Waals surface area contributed by atoms with Gasteiger partial charge in [0.1, 0.15) is 11.2 Å². The molecule has 6 aromatic rings. The minimum absolute atomic E-state index is 0.215. The standard InChI is InChI=1S/C38H26O/c1-2-11-25(12-3-1)26-21-23-27(24-22-26)36-29-14-4-6-16-31(29)37(32-17-7-5-15-30(32)36)34-19-10-18-33-28-13-8-9-20-35(28)39-38(33)34/h1-24,29,31H. The van der Waals surface area contributed by atoms with E-state index in [4.69, 9.17) is 4.42 Å². The molecule has 0 fully saturated rings. The molecule has 0 amide bonds. The molecule has 0 saturated heterocycles. The molecule has 1 nitrogen and oxygen atoms in total. The fourth-order valence-corrected chi connectivity index (χ4v) is 6.58. The van der Waals surface area contributed by atoms with Crippen molar-refractivity contribution < 1.29 is 4.42 Å². The third kappa shape index (κ3) is 3.47. The van der Waals surface area contributed by atoms with Gasteiger partial charge >= 0.3 is 0 Å². The second kappa shape index (κ2) is 8.85. The molecule has 2 aliphatic carbocycles. The maximum Gasteiger partial charge on any atom is 0.142 e. The Labute approximate surface area is 227 Å². The molecule has 1 heteroatoms. The Bertz CT molecular complexity index is 2050. The van der Waals surface area contributed by atoms with Crippen LogP contribution in [0.25, 0.3) is 44.2 Å². The lowest BCUT2D eigenvalue weighted by molar-refractivity contribution is 0.659. The van der Waals surface area contributed by atoms with E-state index < -0.39 is 0 Å². The predicted octanol–water partition coefficient (Wildman–Crippen LogP) is 8.02. The summed E-state index contributed by atoms with van der Waals surface area (Å²) in [5.41, 5.74) is 9.57. The Hall–Kier alpha value is -4.88. The van der Waals surface area contributed by atoms with Crippen LogP contribution in [0.1, 0.15) is 11.1 Å². The monoisotopic (exact) mass is 498 g/mol. The van der Waals surface area contributed by atoms with Gasteiger partial charge in [0.25, 0.3) is 0 Å². The van der Waals surface area contributed by atoms with Crippen LogP contribution in [0.5, 0.6) is 0 Å². The molecule has 39 heavy (non-hydrogen) atoms. The summed E-state index contributed by atoms with van der Waals surface area (Å²) < 4.78 is 6.53. The highest BCUT2D eigenvalue weighted by Crippen LogP contribution is 2.43. The van der Waals surface area contributed by atoms with Crippen molar-refractivity contribution in [3.05, 3.63) is 167 Å². The van der Waals surface area contributed by atoms with Gasteiger partial charge in [-0.1, -0.05) is 140 Å².